The number of carboxylic acids is 1. The lowest BCUT2D eigenvalue weighted by Crippen LogP contribution is -2.35. The van der Waals surface area contributed by atoms with Crippen LogP contribution in [-0.4, -0.2) is 30.8 Å². The molecule has 5 nitrogen and oxygen atoms in total. The molecule has 0 heterocycles. The van der Waals surface area contributed by atoms with Gasteiger partial charge in [0.1, 0.15) is 5.75 Å². The van der Waals surface area contributed by atoms with Crippen LogP contribution in [-0.2, 0) is 17.8 Å². The summed E-state index contributed by atoms with van der Waals surface area (Å²) in [4.78, 5) is 10.5. The van der Waals surface area contributed by atoms with Gasteiger partial charge in [-0.15, -0.1) is 0 Å². The molecule has 5 heteroatoms. The van der Waals surface area contributed by atoms with E-state index in [0.717, 1.165) is 17.7 Å². The van der Waals surface area contributed by atoms with Crippen LogP contribution in [0.5, 0.6) is 5.75 Å². The summed E-state index contributed by atoms with van der Waals surface area (Å²) in [5, 5.41) is 11.8. The van der Waals surface area contributed by atoms with Crippen molar-refractivity contribution in [2.24, 2.45) is 5.73 Å². The van der Waals surface area contributed by atoms with Crippen molar-refractivity contribution in [3.8, 4) is 5.75 Å². The van der Waals surface area contributed by atoms with Gasteiger partial charge in [0.05, 0.1) is 13.5 Å². The molecule has 0 aromatic heterocycles. The highest BCUT2D eigenvalue weighted by Crippen LogP contribution is 2.20. The molecule has 1 unspecified atom stereocenters. The first-order valence-corrected chi connectivity index (χ1v) is 6.40. The van der Waals surface area contributed by atoms with Gasteiger partial charge in [0, 0.05) is 24.7 Å². The highest BCUT2D eigenvalue weighted by Gasteiger charge is 2.08. The minimum absolute atomic E-state index is 0.0286. The third kappa shape index (κ3) is 5.28. The molecular weight excluding hydrogens is 244 g/mol. The van der Waals surface area contributed by atoms with E-state index in [9.17, 15) is 4.79 Å². The lowest BCUT2D eigenvalue weighted by atomic mass is 10.1. The van der Waals surface area contributed by atoms with Crippen LogP contribution in [0.3, 0.4) is 0 Å². The summed E-state index contributed by atoms with van der Waals surface area (Å²) >= 11 is 0. The molecule has 1 atom stereocenters. The standard InChI is InChI=1S/C14H22N2O3/c1-3-10-4-5-13(19-2)11(6-10)8-16-9-12(15)7-14(17)18/h4-6,12,16H,3,7-9,15H2,1-2H3,(H,17,18). The number of carbonyl (C=O) groups is 1. The zero-order valence-corrected chi connectivity index (χ0v) is 11.5. The number of hydrogen-bond donors (Lipinski definition) is 3. The minimum Gasteiger partial charge on any atom is -0.496 e. The molecule has 0 fully saturated rings. The zero-order chi connectivity index (χ0) is 14.3. The van der Waals surface area contributed by atoms with E-state index in [1.165, 1.54) is 5.56 Å². The van der Waals surface area contributed by atoms with Gasteiger partial charge in [-0.3, -0.25) is 4.79 Å². The number of hydrogen-bond acceptors (Lipinski definition) is 4. The predicted molar refractivity (Wildman–Crippen MR) is 74.3 cm³/mol. The highest BCUT2D eigenvalue weighted by atomic mass is 16.5. The highest BCUT2D eigenvalue weighted by molar-refractivity contribution is 5.67. The lowest BCUT2D eigenvalue weighted by Gasteiger charge is -2.13. The first kappa shape index (κ1) is 15.5. The van der Waals surface area contributed by atoms with Crippen molar-refractivity contribution in [1.29, 1.82) is 0 Å². The molecule has 0 saturated heterocycles. The number of aryl methyl sites for hydroxylation is 1. The average Bonchev–Trinajstić information content (AvgIpc) is 2.37. The van der Waals surface area contributed by atoms with Crippen LogP contribution in [0.25, 0.3) is 0 Å². The van der Waals surface area contributed by atoms with E-state index in [1.807, 2.05) is 12.1 Å². The van der Waals surface area contributed by atoms with E-state index in [-0.39, 0.29) is 12.5 Å². The van der Waals surface area contributed by atoms with Gasteiger partial charge in [0.25, 0.3) is 0 Å². The van der Waals surface area contributed by atoms with E-state index >= 15 is 0 Å². The topological polar surface area (TPSA) is 84.6 Å². The maximum Gasteiger partial charge on any atom is 0.304 e. The summed E-state index contributed by atoms with van der Waals surface area (Å²) in [6.45, 7) is 3.18. The quantitative estimate of drug-likeness (QED) is 0.657. The van der Waals surface area contributed by atoms with Crippen LogP contribution in [0.2, 0.25) is 0 Å². The van der Waals surface area contributed by atoms with Gasteiger partial charge in [-0.25, -0.2) is 0 Å². The van der Waals surface area contributed by atoms with Crippen LogP contribution in [0.4, 0.5) is 0 Å². The summed E-state index contributed by atoms with van der Waals surface area (Å²) in [5.41, 5.74) is 7.99. The number of ether oxygens (including phenoxy) is 1. The Morgan fingerprint density at radius 2 is 2.26 bits per heavy atom. The van der Waals surface area contributed by atoms with E-state index in [1.54, 1.807) is 7.11 Å². The zero-order valence-electron chi connectivity index (χ0n) is 11.5. The second-order valence-electron chi connectivity index (χ2n) is 4.49. The lowest BCUT2D eigenvalue weighted by molar-refractivity contribution is -0.137. The van der Waals surface area contributed by atoms with Crippen LogP contribution >= 0.6 is 0 Å². The molecule has 1 rings (SSSR count). The Bertz CT molecular complexity index is 421. The monoisotopic (exact) mass is 266 g/mol. The fourth-order valence-corrected chi connectivity index (χ4v) is 1.88. The number of benzene rings is 1. The van der Waals surface area contributed by atoms with Crippen LogP contribution in [0.15, 0.2) is 18.2 Å². The van der Waals surface area contributed by atoms with Crippen molar-refractivity contribution >= 4 is 5.97 Å². The van der Waals surface area contributed by atoms with E-state index < -0.39 is 5.97 Å². The fraction of sp³-hybridized carbons (Fsp3) is 0.500. The fourth-order valence-electron chi connectivity index (χ4n) is 1.88. The molecule has 0 saturated carbocycles. The Labute approximate surface area is 113 Å². The number of nitrogens with one attached hydrogen (secondary N) is 1. The first-order chi connectivity index (χ1) is 9.06. The van der Waals surface area contributed by atoms with Gasteiger partial charge >= 0.3 is 5.97 Å². The molecule has 1 aromatic rings. The molecule has 0 radical (unpaired) electrons. The van der Waals surface area contributed by atoms with E-state index in [0.29, 0.717) is 13.1 Å². The van der Waals surface area contributed by atoms with E-state index in [4.69, 9.17) is 15.6 Å². The van der Waals surface area contributed by atoms with Crippen molar-refractivity contribution in [3.63, 3.8) is 0 Å². The Morgan fingerprint density at radius 3 is 2.84 bits per heavy atom. The van der Waals surface area contributed by atoms with Gasteiger partial charge in [0.2, 0.25) is 0 Å². The van der Waals surface area contributed by atoms with Crippen LogP contribution in [0.1, 0.15) is 24.5 Å². The SMILES string of the molecule is CCc1ccc(OC)c(CNCC(N)CC(=O)O)c1. The molecule has 0 bridgehead atoms. The first-order valence-electron chi connectivity index (χ1n) is 6.40. The summed E-state index contributed by atoms with van der Waals surface area (Å²) in [7, 11) is 1.64. The molecule has 4 N–H and O–H groups in total. The smallest absolute Gasteiger partial charge is 0.304 e. The number of nitrogens with two attached hydrogens (primary N) is 1. The van der Waals surface area contributed by atoms with Gasteiger partial charge in [-0.05, 0) is 18.1 Å². The van der Waals surface area contributed by atoms with Gasteiger partial charge in [-0.2, -0.15) is 0 Å². The summed E-state index contributed by atoms with van der Waals surface area (Å²) in [6.07, 6.45) is 0.939. The van der Waals surface area contributed by atoms with Crippen LogP contribution < -0.4 is 15.8 Å². The van der Waals surface area contributed by atoms with Crippen LogP contribution in [0, 0.1) is 0 Å². The molecule has 1 aromatic carbocycles. The third-order valence-corrected chi connectivity index (χ3v) is 2.91. The van der Waals surface area contributed by atoms with Crippen molar-refractivity contribution in [3.05, 3.63) is 29.3 Å². The third-order valence-electron chi connectivity index (χ3n) is 2.91. The molecule has 106 valence electrons. The Balaban J connectivity index is 2.54. The van der Waals surface area contributed by atoms with Gasteiger partial charge in [-0.1, -0.05) is 19.1 Å². The largest absolute Gasteiger partial charge is 0.496 e. The summed E-state index contributed by atoms with van der Waals surface area (Å²) in [5.74, 6) is -0.0450. The average molecular weight is 266 g/mol. The Hall–Kier alpha value is -1.59. The molecule has 0 aliphatic heterocycles. The minimum atomic E-state index is -0.875. The number of methoxy groups -OCH3 is 1. The molecular formula is C14H22N2O3. The molecule has 0 amide bonds. The second kappa shape index (κ2) is 7.76. The van der Waals surface area contributed by atoms with Gasteiger partial charge in [0.15, 0.2) is 0 Å². The molecule has 0 aliphatic carbocycles. The maximum atomic E-state index is 10.5. The maximum absolute atomic E-state index is 10.5. The van der Waals surface area contributed by atoms with E-state index in [2.05, 4.69) is 18.3 Å². The summed E-state index contributed by atoms with van der Waals surface area (Å²) < 4.78 is 5.30. The number of carboxylic acid groups (broad SMARTS) is 1. The van der Waals surface area contributed by atoms with Crippen molar-refractivity contribution < 1.29 is 14.6 Å². The van der Waals surface area contributed by atoms with Gasteiger partial charge < -0.3 is 20.9 Å². The van der Waals surface area contributed by atoms with Crippen molar-refractivity contribution in [2.45, 2.75) is 32.4 Å². The van der Waals surface area contributed by atoms with Crippen molar-refractivity contribution in [2.75, 3.05) is 13.7 Å². The summed E-state index contributed by atoms with van der Waals surface area (Å²) in [6, 6.07) is 5.71. The Morgan fingerprint density at radius 1 is 1.53 bits per heavy atom. The number of rotatable bonds is 8. The van der Waals surface area contributed by atoms with Crippen molar-refractivity contribution in [1.82, 2.24) is 5.32 Å². The normalized spacial score (nSPS) is 12.2. The predicted octanol–water partition coefficient (Wildman–Crippen LogP) is 1.15. The molecule has 0 aliphatic rings. The number of aliphatic carboxylic acids is 1. The molecule has 0 spiro atoms. The Kier molecular flexibility index (Phi) is 6.32. The second-order valence-corrected chi connectivity index (χ2v) is 4.49. The molecule has 19 heavy (non-hydrogen) atoms.